The third kappa shape index (κ3) is 3.50. The lowest BCUT2D eigenvalue weighted by molar-refractivity contribution is -0.129. The van der Waals surface area contributed by atoms with E-state index in [4.69, 9.17) is 21.7 Å². The second kappa shape index (κ2) is 6.97. The number of ether oxygens (including phenoxy) is 2. The van der Waals surface area contributed by atoms with E-state index in [1.165, 1.54) is 30.9 Å². The molecule has 0 aliphatic carbocycles. The fraction of sp³-hybridized carbons (Fsp3) is 0.357. The lowest BCUT2D eigenvalue weighted by atomic mass is 10.2. The summed E-state index contributed by atoms with van der Waals surface area (Å²) in [5.41, 5.74) is 0.477. The summed E-state index contributed by atoms with van der Waals surface area (Å²) in [5.74, 6) is 0.597. The zero-order valence-corrected chi connectivity index (χ0v) is 14.0. The monoisotopic (exact) mass is 340 g/mol. The molecule has 2 rings (SSSR count). The standard InChI is InChI=1S/C14H16N2O4S2/c1-8-13(18)16(14(21)22-8)7-12(17)15-10-6-9(19-2)4-5-11(10)20-3/h4-6,8H,7H2,1-3H3,(H,15,17). The molecule has 0 spiro atoms. The number of methoxy groups -OCH3 is 2. The first-order valence-corrected chi connectivity index (χ1v) is 7.79. The summed E-state index contributed by atoms with van der Waals surface area (Å²) in [7, 11) is 3.04. The lowest BCUT2D eigenvalue weighted by Crippen LogP contribution is -2.37. The van der Waals surface area contributed by atoms with E-state index in [1.54, 1.807) is 25.1 Å². The smallest absolute Gasteiger partial charge is 0.244 e. The molecular formula is C14H16N2O4S2. The van der Waals surface area contributed by atoms with Crippen molar-refractivity contribution in [1.29, 1.82) is 0 Å². The van der Waals surface area contributed by atoms with Gasteiger partial charge in [0.1, 0.15) is 22.4 Å². The summed E-state index contributed by atoms with van der Waals surface area (Å²) in [6.45, 7) is 1.65. The van der Waals surface area contributed by atoms with Crippen LogP contribution >= 0.6 is 24.0 Å². The highest BCUT2D eigenvalue weighted by Gasteiger charge is 2.34. The van der Waals surface area contributed by atoms with Gasteiger partial charge in [0.05, 0.1) is 25.2 Å². The Bertz CT molecular complexity index is 621. The molecule has 1 aromatic carbocycles. The number of hydrogen-bond donors (Lipinski definition) is 1. The van der Waals surface area contributed by atoms with E-state index in [2.05, 4.69) is 5.32 Å². The number of carbonyl (C=O) groups excluding carboxylic acids is 2. The lowest BCUT2D eigenvalue weighted by Gasteiger charge is -2.16. The maximum atomic E-state index is 12.2. The molecule has 1 fully saturated rings. The van der Waals surface area contributed by atoms with Gasteiger partial charge < -0.3 is 14.8 Å². The number of amides is 2. The van der Waals surface area contributed by atoms with Crippen molar-refractivity contribution in [3.8, 4) is 11.5 Å². The second-order valence-electron chi connectivity index (χ2n) is 4.56. The van der Waals surface area contributed by atoms with E-state index < -0.39 is 0 Å². The molecule has 0 bridgehead atoms. The first-order chi connectivity index (χ1) is 10.5. The van der Waals surface area contributed by atoms with Crippen molar-refractivity contribution in [3.63, 3.8) is 0 Å². The summed E-state index contributed by atoms with van der Waals surface area (Å²) in [6.07, 6.45) is 0. The highest BCUT2D eigenvalue weighted by molar-refractivity contribution is 8.24. The van der Waals surface area contributed by atoms with Crippen LogP contribution in [0.15, 0.2) is 18.2 Å². The molecule has 1 atom stereocenters. The summed E-state index contributed by atoms with van der Waals surface area (Å²) in [5, 5.41) is 2.47. The number of anilines is 1. The Hall–Kier alpha value is -1.80. The third-order valence-corrected chi connectivity index (χ3v) is 4.58. The Kier molecular flexibility index (Phi) is 5.25. The average molecular weight is 340 g/mol. The number of hydrogen-bond acceptors (Lipinski definition) is 6. The zero-order valence-electron chi connectivity index (χ0n) is 12.4. The summed E-state index contributed by atoms with van der Waals surface area (Å²) < 4.78 is 10.7. The van der Waals surface area contributed by atoms with Gasteiger partial charge in [-0.05, 0) is 19.1 Å². The van der Waals surface area contributed by atoms with Crippen LogP contribution in [0, 0.1) is 0 Å². The first kappa shape index (κ1) is 16.6. The largest absolute Gasteiger partial charge is 0.497 e. The van der Waals surface area contributed by atoms with Crippen molar-refractivity contribution in [2.24, 2.45) is 0 Å². The predicted octanol–water partition coefficient (Wildman–Crippen LogP) is 1.89. The zero-order chi connectivity index (χ0) is 16.3. The van der Waals surface area contributed by atoms with Gasteiger partial charge in [-0.3, -0.25) is 14.5 Å². The molecule has 1 heterocycles. The summed E-state index contributed by atoms with van der Waals surface area (Å²) in [4.78, 5) is 25.4. The maximum absolute atomic E-state index is 12.2. The minimum absolute atomic E-state index is 0.116. The van der Waals surface area contributed by atoms with E-state index in [1.807, 2.05) is 0 Å². The molecule has 1 N–H and O–H groups in total. The Labute approximate surface area is 138 Å². The van der Waals surface area contributed by atoms with Gasteiger partial charge in [-0.2, -0.15) is 0 Å². The molecule has 1 saturated heterocycles. The quantitative estimate of drug-likeness (QED) is 0.826. The summed E-state index contributed by atoms with van der Waals surface area (Å²) in [6, 6.07) is 5.07. The van der Waals surface area contributed by atoms with Crippen LogP contribution < -0.4 is 14.8 Å². The van der Waals surface area contributed by atoms with Crippen LogP contribution in [-0.4, -0.2) is 47.0 Å². The Balaban J connectivity index is 2.09. The molecule has 1 aromatic rings. The van der Waals surface area contributed by atoms with Crippen LogP contribution in [0.4, 0.5) is 5.69 Å². The number of thiocarbonyl (C=S) groups is 1. The molecule has 0 radical (unpaired) electrons. The number of carbonyl (C=O) groups is 2. The number of nitrogens with zero attached hydrogens (tertiary/aromatic N) is 1. The third-order valence-electron chi connectivity index (χ3n) is 3.09. The van der Waals surface area contributed by atoms with Crippen molar-refractivity contribution < 1.29 is 19.1 Å². The molecule has 6 nitrogen and oxygen atoms in total. The molecule has 0 aromatic heterocycles. The Morgan fingerprint density at radius 3 is 2.68 bits per heavy atom. The van der Waals surface area contributed by atoms with Crippen molar-refractivity contribution in [1.82, 2.24) is 4.90 Å². The SMILES string of the molecule is COc1ccc(OC)c(NC(=O)CN2C(=O)C(C)SC2=S)c1. The predicted molar refractivity (Wildman–Crippen MR) is 89.5 cm³/mol. The van der Waals surface area contributed by atoms with Crippen molar-refractivity contribution in [3.05, 3.63) is 18.2 Å². The van der Waals surface area contributed by atoms with E-state index in [0.29, 0.717) is 21.5 Å². The normalized spacial score (nSPS) is 17.6. The first-order valence-electron chi connectivity index (χ1n) is 6.50. The highest BCUT2D eigenvalue weighted by atomic mass is 32.2. The minimum atomic E-state index is -0.350. The van der Waals surface area contributed by atoms with Gasteiger partial charge in [0.2, 0.25) is 11.8 Å². The molecule has 8 heteroatoms. The van der Waals surface area contributed by atoms with Crippen LogP contribution in [0.5, 0.6) is 11.5 Å². The highest BCUT2D eigenvalue weighted by Crippen LogP contribution is 2.30. The number of rotatable bonds is 5. The van der Waals surface area contributed by atoms with Crippen LogP contribution in [-0.2, 0) is 9.59 Å². The van der Waals surface area contributed by atoms with Gasteiger partial charge in [0.25, 0.3) is 0 Å². The fourth-order valence-electron chi connectivity index (χ4n) is 1.96. The van der Waals surface area contributed by atoms with Crippen molar-refractivity contribution in [2.45, 2.75) is 12.2 Å². The van der Waals surface area contributed by atoms with Crippen molar-refractivity contribution in [2.75, 3.05) is 26.1 Å². The molecule has 1 aliphatic heterocycles. The molecular weight excluding hydrogens is 324 g/mol. The molecule has 2 amide bonds. The molecule has 1 unspecified atom stereocenters. The maximum Gasteiger partial charge on any atom is 0.244 e. The van der Waals surface area contributed by atoms with Gasteiger partial charge in [-0.1, -0.05) is 24.0 Å². The molecule has 1 aliphatic rings. The van der Waals surface area contributed by atoms with Crippen LogP contribution in [0.2, 0.25) is 0 Å². The number of benzene rings is 1. The molecule has 22 heavy (non-hydrogen) atoms. The Morgan fingerprint density at radius 2 is 2.14 bits per heavy atom. The van der Waals surface area contributed by atoms with E-state index in [9.17, 15) is 9.59 Å². The Morgan fingerprint density at radius 1 is 1.41 bits per heavy atom. The van der Waals surface area contributed by atoms with Gasteiger partial charge in [0, 0.05) is 6.07 Å². The van der Waals surface area contributed by atoms with E-state index in [0.717, 1.165) is 0 Å². The molecule has 118 valence electrons. The summed E-state index contributed by atoms with van der Waals surface area (Å²) >= 11 is 6.39. The van der Waals surface area contributed by atoms with Gasteiger partial charge in [-0.15, -0.1) is 0 Å². The second-order valence-corrected chi connectivity index (χ2v) is 6.54. The van der Waals surface area contributed by atoms with Gasteiger partial charge in [-0.25, -0.2) is 0 Å². The van der Waals surface area contributed by atoms with Gasteiger partial charge in [0.15, 0.2) is 0 Å². The van der Waals surface area contributed by atoms with E-state index >= 15 is 0 Å². The topological polar surface area (TPSA) is 67.9 Å². The van der Waals surface area contributed by atoms with Crippen molar-refractivity contribution >= 4 is 45.8 Å². The van der Waals surface area contributed by atoms with Gasteiger partial charge >= 0.3 is 0 Å². The van der Waals surface area contributed by atoms with Crippen LogP contribution in [0.25, 0.3) is 0 Å². The number of thioether (sulfide) groups is 1. The fourth-order valence-corrected chi connectivity index (χ4v) is 3.36. The average Bonchev–Trinajstić information content (AvgIpc) is 2.73. The van der Waals surface area contributed by atoms with Crippen LogP contribution in [0.1, 0.15) is 6.92 Å². The van der Waals surface area contributed by atoms with Crippen LogP contribution in [0.3, 0.4) is 0 Å². The minimum Gasteiger partial charge on any atom is -0.497 e. The van der Waals surface area contributed by atoms with E-state index in [-0.39, 0.29) is 23.6 Å². The number of nitrogens with one attached hydrogen (secondary N) is 1. The molecule has 0 saturated carbocycles.